The number of thiol groups is 1. The molecule has 0 saturated heterocycles. The molecule has 2 aromatic carbocycles. The molecule has 0 unspecified atom stereocenters. The van der Waals surface area contributed by atoms with Crippen LogP contribution in [0.3, 0.4) is 0 Å². The Hall–Kier alpha value is -1.61. The molecular formula is C13H16N2S. The molecule has 0 saturated carbocycles. The van der Waals surface area contributed by atoms with Crippen LogP contribution in [0.1, 0.15) is 0 Å². The first-order valence-corrected chi connectivity index (χ1v) is 5.87. The second-order valence-corrected chi connectivity index (χ2v) is 3.08. The molecule has 0 aromatic heterocycles. The molecule has 0 aliphatic heterocycles. The summed E-state index contributed by atoms with van der Waals surface area (Å²) in [5.74, 6) is 0. The van der Waals surface area contributed by atoms with Gasteiger partial charge in [0, 0.05) is 5.69 Å². The summed E-state index contributed by atoms with van der Waals surface area (Å²) in [6.07, 6.45) is 1.69. The standard InChI is InChI=1S/C12H12N2.CH4S/c13-11-8-4-5-9-12(11)14-10-6-2-1-3-7-10;1-2/h1-9,14H,13H2;2H,1H3. The summed E-state index contributed by atoms with van der Waals surface area (Å²) in [5.41, 5.74) is 8.56. The number of rotatable bonds is 2. The van der Waals surface area contributed by atoms with Gasteiger partial charge in [0.25, 0.3) is 0 Å². The van der Waals surface area contributed by atoms with Gasteiger partial charge in [-0.15, -0.1) is 0 Å². The Kier molecular flexibility index (Phi) is 5.29. The van der Waals surface area contributed by atoms with E-state index in [1.54, 1.807) is 6.26 Å². The van der Waals surface area contributed by atoms with Gasteiger partial charge in [-0.3, -0.25) is 0 Å². The molecule has 0 aliphatic carbocycles. The van der Waals surface area contributed by atoms with Crippen LogP contribution in [-0.4, -0.2) is 6.26 Å². The molecule has 0 heterocycles. The van der Waals surface area contributed by atoms with Crippen LogP contribution >= 0.6 is 12.6 Å². The van der Waals surface area contributed by atoms with E-state index in [0.717, 1.165) is 17.1 Å². The summed E-state index contributed by atoms with van der Waals surface area (Å²) in [6.45, 7) is 0. The van der Waals surface area contributed by atoms with Gasteiger partial charge in [-0.05, 0) is 30.5 Å². The van der Waals surface area contributed by atoms with Crippen LogP contribution in [-0.2, 0) is 0 Å². The van der Waals surface area contributed by atoms with Crippen molar-refractivity contribution < 1.29 is 0 Å². The highest BCUT2D eigenvalue weighted by Crippen LogP contribution is 2.21. The zero-order chi connectivity index (χ0) is 11.8. The van der Waals surface area contributed by atoms with Gasteiger partial charge in [0.2, 0.25) is 0 Å². The molecule has 3 N–H and O–H groups in total. The van der Waals surface area contributed by atoms with Gasteiger partial charge in [-0.2, -0.15) is 12.6 Å². The van der Waals surface area contributed by atoms with Crippen molar-refractivity contribution in [1.82, 2.24) is 0 Å². The van der Waals surface area contributed by atoms with Crippen molar-refractivity contribution in [3.8, 4) is 0 Å². The number of para-hydroxylation sites is 3. The molecule has 0 radical (unpaired) electrons. The lowest BCUT2D eigenvalue weighted by atomic mass is 10.2. The van der Waals surface area contributed by atoms with Gasteiger partial charge >= 0.3 is 0 Å². The fourth-order valence-corrected chi connectivity index (χ4v) is 1.29. The molecule has 2 rings (SSSR count). The Labute approximate surface area is 102 Å². The number of nitrogen functional groups attached to an aromatic ring is 1. The van der Waals surface area contributed by atoms with Crippen LogP contribution in [0.5, 0.6) is 0 Å². The molecule has 16 heavy (non-hydrogen) atoms. The number of anilines is 3. The van der Waals surface area contributed by atoms with Gasteiger partial charge in [0.15, 0.2) is 0 Å². The molecule has 0 amide bonds. The van der Waals surface area contributed by atoms with Crippen LogP contribution in [0, 0.1) is 0 Å². The highest BCUT2D eigenvalue weighted by molar-refractivity contribution is 7.79. The van der Waals surface area contributed by atoms with Crippen molar-refractivity contribution in [1.29, 1.82) is 0 Å². The van der Waals surface area contributed by atoms with Crippen molar-refractivity contribution >= 4 is 29.7 Å². The third-order valence-electron chi connectivity index (χ3n) is 2.01. The van der Waals surface area contributed by atoms with Gasteiger partial charge < -0.3 is 11.1 Å². The first kappa shape index (κ1) is 12.5. The maximum absolute atomic E-state index is 5.81. The van der Waals surface area contributed by atoms with E-state index in [4.69, 9.17) is 5.73 Å². The molecule has 0 bridgehead atoms. The lowest BCUT2D eigenvalue weighted by Crippen LogP contribution is -1.94. The molecular weight excluding hydrogens is 216 g/mol. The van der Waals surface area contributed by atoms with Gasteiger partial charge in [-0.25, -0.2) is 0 Å². The van der Waals surface area contributed by atoms with Crippen molar-refractivity contribution in [3.63, 3.8) is 0 Å². The topological polar surface area (TPSA) is 38.0 Å². The summed E-state index contributed by atoms with van der Waals surface area (Å²) in [6, 6.07) is 17.7. The number of nitrogens with two attached hydrogens (primary N) is 1. The average Bonchev–Trinajstić information content (AvgIpc) is 2.36. The molecule has 0 spiro atoms. The van der Waals surface area contributed by atoms with Crippen molar-refractivity contribution in [3.05, 3.63) is 54.6 Å². The summed E-state index contributed by atoms with van der Waals surface area (Å²) in [4.78, 5) is 0. The van der Waals surface area contributed by atoms with Crippen LogP contribution in [0.15, 0.2) is 54.6 Å². The van der Waals surface area contributed by atoms with E-state index in [2.05, 4.69) is 17.9 Å². The lowest BCUT2D eigenvalue weighted by Gasteiger charge is -2.08. The monoisotopic (exact) mass is 232 g/mol. The largest absolute Gasteiger partial charge is 0.397 e. The minimum absolute atomic E-state index is 0.761. The molecule has 84 valence electrons. The Balaban J connectivity index is 0.000000606. The van der Waals surface area contributed by atoms with Crippen LogP contribution in [0.4, 0.5) is 17.1 Å². The quantitative estimate of drug-likeness (QED) is 0.547. The zero-order valence-corrected chi connectivity index (χ0v) is 10.1. The number of hydrogen-bond donors (Lipinski definition) is 3. The molecule has 0 atom stereocenters. The van der Waals surface area contributed by atoms with Gasteiger partial charge in [-0.1, -0.05) is 30.3 Å². The molecule has 2 aromatic rings. The SMILES string of the molecule is CS.Nc1ccccc1Nc1ccccc1. The molecule has 0 fully saturated rings. The van der Waals surface area contributed by atoms with E-state index in [1.807, 2.05) is 54.6 Å². The highest BCUT2D eigenvalue weighted by atomic mass is 32.1. The molecule has 0 aliphatic rings. The summed E-state index contributed by atoms with van der Waals surface area (Å²) in [7, 11) is 0. The van der Waals surface area contributed by atoms with E-state index >= 15 is 0 Å². The van der Waals surface area contributed by atoms with Crippen molar-refractivity contribution in [2.75, 3.05) is 17.3 Å². The first-order chi connectivity index (χ1) is 7.86. The van der Waals surface area contributed by atoms with Gasteiger partial charge in [0.05, 0.1) is 11.4 Å². The number of nitrogens with one attached hydrogen (secondary N) is 1. The van der Waals surface area contributed by atoms with E-state index in [1.165, 1.54) is 0 Å². The molecule has 3 heteroatoms. The highest BCUT2D eigenvalue weighted by Gasteiger charge is 1.96. The molecule has 2 nitrogen and oxygen atoms in total. The Morgan fingerprint density at radius 1 is 0.875 bits per heavy atom. The van der Waals surface area contributed by atoms with Crippen LogP contribution in [0.25, 0.3) is 0 Å². The maximum atomic E-state index is 5.81. The van der Waals surface area contributed by atoms with E-state index < -0.39 is 0 Å². The third kappa shape index (κ3) is 3.51. The minimum Gasteiger partial charge on any atom is -0.397 e. The summed E-state index contributed by atoms with van der Waals surface area (Å²) >= 11 is 3.53. The van der Waals surface area contributed by atoms with Crippen LogP contribution in [0.2, 0.25) is 0 Å². The van der Waals surface area contributed by atoms with Crippen molar-refractivity contribution in [2.45, 2.75) is 0 Å². The minimum atomic E-state index is 0.761. The van der Waals surface area contributed by atoms with E-state index in [9.17, 15) is 0 Å². The maximum Gasteiger partial charge on any atom is 0.0617 e. The van der Waals surface area contributed by atoms with E-state index in [-0.39, 0.29) is 0 Å². The smallest absolute Gasteiger partial charge is 0.0617 e. The van der Waals surface area contributed by atoms with Crippen molar-refractivity contribution in [2.24, 2.45) is 0 Å². The average molecular weight is 232 g/mol. The summed E-state index contributed by atoms with van der Waals surface area (Å²) < 4.78 is 0. The first-order valence-electron chi connectivity index (χ1n) is 4.97. The zero-order valence-electron chi connectivity index (χ0n) is 9.22. The number of benzene rings is 2. The second kappa shape index (κ2) is 6.80. The number of hydrogen-bond acceptors (Lipinski definition) is 3. The predicted molar refractivity (Wildman–Crippen MR) is 75.5 cm³/mol. The Morgan fingerprint density at radius 2 is 1.44 bits per heavy atom. The Bertz CT molecular complexity index is 415. The normalized spacial score (nSPS) is 8.88. The summed E-state index contributed by atoms with van der Waals surface area (Å²) in [5, 5.41) is 3.25. The third-order valence-corrected chi connectivity index (χ3v) is 2.01. The Morgan fingerprint density at radius 3 is 2.06 bits per heavy atom. The second-order valence-electron chi connectivity index (χ2n) is 3.08. The fraction of sp³-hybridized carbons (Fsp3) is 0.0769. The van der Waals surface area contributed by atoms with Crippen LogP contribution < -0.4 is 11.1 Å². The van der Waals surface area contributed by atoms with E-state index in [0.29, 0.717) is 0 Å². The predicted octanol–water partition coefficient (Wildman–Crippen LogP) is 3.56. The fourth-order valence-electron chi connectivity index (χ4n) is 1.29. The van der Waals surface area contributed by atoms with Gasteiger partial charge in [0.1, 0.15) is 0 Å². The lowest BCUT2D eigenvalue weighted by molar-refractivity contribution is 1.55.